The summed E-state index contributed by atoms with van der Waals surface area (Å²) in [7, 11) is 0. The zero-order chi connectivity index (χ0) is 14.6. The van der Waals surface area contributed by atoms with Gasteiger partial charge in [0.1, 0.15) is 17.9 Å². The Morgan fingerprint density at radius 2 is 1.95 bits per heavy atom. The van der Waals surface area contributed by atoms with Crippen LogP contribution in [0.3, 0.4) is 0 Å². The number of rotatable bonds is 5. The van der Waals surface area contributed by atoms with Crippen molar-refractivity contribution in [2.24, 2.45) is 0 Å². The first-order chi connectivity index (χ1) is 8.70. The van der Waals surface area contributed by atoms with Crippen molar-refractivity contribution in [3.63, 3.8) is 0 Å². The Hall–Kier alpha value is -1.62. The van der Waals surface area contributed by atoms with Crippen molar-refractivity contribution < 1.29 is 19.4 Å². The van der Waals surface area contributed by atoms with E-state index < -0.39 is 5.97 Å². The minimum absolute atomic E-state index is 0.112. The maximum absolute atomic E-state index is 11.2. The third kappa shape index (κ3) is 4.87. The van der Waals surface area contributed by atoms with Crippen molar-refractivity contribution in [3.05, 3.63) is 23.0 Å². The lowest BCUT2D eigenvalue weighted by molar-refractivity contribution is -0.0164. The van der Waals surface area contributed by atoms with Gasteiger partial charge in [-0.3, -0.25) is 4.98 Å². The molecule has 0 aliphatic carbocycles. The van der Waals surface area contributed by atoms with Gasteiger partial charge < -0.3 is 14.6 Å². The summed E-state index contributed by atoms with van der Waals surface area (Å²) >= 11 is 0. The quantitative estimate of drug-likeness (QED) is 0.830. The molecule has 5 nitrogen and oxygen atoms in total. The monoisotopic (exact) mass is 267 g/mol. The fourth-order valence-electron chi connectivity index (χ4n) is 1.67. The highest BCUT2D eigenvalue weighted by molar-refractivity contribution is 5.92. The number of carbonyl (C=O) groups is 1. The molecule has 0 aliphatic rings. The van der Waals surface area contributed by atoms with Gasteiger partial charge in [0, 0.05) is 11.8 Å². The van der Waals surface area contributed by atoms with Crippen molar-refractivity contribution in [1.82, 2.24) is 4.98 Å². The second-order valence-corrected chi connectivity index (χ2v) is 5.34. The second-order valence-electron chi connectivity index (χ2n) is 5.34. The van der Waals surface area contributed by atoms with Crippen molar-refractivity contribution in [2.75, 3.05) is 13.2 Å². The van der Waals surface area contributed by atoms with E-state index in [1.807, 2.05) is 20.8 Å². The van der Waals surface area contributed by atoms with Gasteiger partial charge in [0.25, 0.3) is 0 Å². The molecule has 0 aromatic carbocycles. The molecule has 0 saturated heterocycles. The fraction of sp³-hybridized carbons (Fsp3) is 0.571. The molecule has 0 aliphatic heterocycles. The van der Waals surface area contributed by atoms with Crippen molar-refractivity contribution in [1.29, 1.82) is 0 Å². The van der Waals surface area contributed by atoms with Crippen LogP contribution in [0.15, 0.2) is 6.07 Å². The number of aromatic carboxylic acids is 1. The van der Waals surface area contributed by atoms with Crippen LogP contribution in [0, 0.1) is 13.8 Å². The number of aromatic nitrogens is 1. The number of hydrogen-bond acceptors (Lipinski definition) is 4. The van der Waals surface area contributed by atoms with E-state index in [1.54, 1.807) is 19.9 Å². The highest BCUT2D eigenvalue weighted by Crippen LogP contribution is 2.22. The smallest absolute Gasteiger partial charge is 0.341 e. The number of aryl methyl sites for hydroxylation is 2. The number of carboxylic acids is 1. The standard InChI is InChI=1S/C14H21NO4/c1-9-8-11(12(13(16)17)10(2)15-9)18-6-7-19-14(3,4)5/h8H,6-7H2,1-5H3,(H,16,17). The van der Waals surface area contributed by atoms with E-state index in [4.69, 9.17) is 9.47 Å². The van der Waals surface area contributed by atoms with E-state index in [9.17, 15) is 9.90 Å². The molecule has 106 valence electrons. The molecule has 1 aromatic heterocycles. The summed E-state index contributed by atoms with van der Waals surface area (Å²) in [6, 6.07) is 1.63. The molecule has 0 fully saturated rings. The Kier molecular flexibility index (Phi) is 4.89. The Bertz CT molecular complexity index is 463. The summed E-state index contributed by atoms with van der Waals surface area (Å²) in [5, 5.41) is 9.17. The molecule has 0 atom stereocenters. The van der Waals surface area contributed by atoms with Gasteiger partial charge in [-0.15, -0.1) is 0 Å². The molecule has 0 unspecified atom stereocenters. The second kappa shape index (κ2) is 6.02. The molecule has 1 heterocycles. The average Bonchev–Trinajstić information content (AvgIpc) is 2.21. The predicted octanol–water partition coefficient (Wildman–Crippen LogP) is 2.59. The minimum atomic E-state index is -1.03. The lowest BCUT2D eigenvalue weighted by atomic mass is 10.1. The topological polar surface area (TPSA) is 68.7 Å². The maximum Gasteiger partial charge on any atom is 0.341 e. The van der Waals surface area contributed by atoms with Gasteiger partial charge >= 0.3 is 5.97 Å². The maximum atomic E-state index is 11.2. The summed E-state index contributed by atoms with van der Waals surface area (Å²) in [4.78, 5) is 15.3. The lowest BCUT2D eigenvalue weighted by Crippen LogP contribution is -2.23. The largest absolute Gasteiger partial charge is 0.490 e. The summed E-state index contributed by atoms with van der Waals surface area (Å²) in [5.41, 5.74) is 1.07. The molecule has 1 aromatic rings. The molecule has 5 heteroatoms. The van der Waals surface area contributed by atoms with Crippen LogP contribution in [0.4, 0.5) is 0 Å². The molecule has 0 spiro atoms. The van der Waals surface area contributed by atoms with E-state index >= 15 is 0 Å². The highest BCUT2D eigenvalue weighted by Gasteiger charge is 2.17. The Balaban J connectivity index is 2.75. The highest BCUT2D eigenvalue weighted by atomic mass is 16.5. The predicted molar refractivity (Wildman–Crippen MR) is 71.9 cm³/mol. The van der Waals surface area contributed by atoms with Crippen LogP contribution in [-0.2, 0) is 4.74 Å². The van der Waals surface area contributed by atoms with E-state index in [-0.39, 0.29) is 11.2 Å². The molecule has 1 N–H and O–H groups in total. The van der Waals surface area contributed by atoms with E-state index in [0.717, 1.165) is 5.69 Å². The van der Waals surface area contributed by atoms with Gasteiger partial charge in [0.2, 0.25) is 0 Å². The van der Waals surface area contributed by atoms with Gasteiger partial charge in [0.05, 0.1) is 17.9 Å². The van der Waals surface area contributed by atoms with Crippen LogP contribution < -0.4 is 4.74 Å². The summed E-state index contributed by atoms with van der Waals surface area (Å²) in [6.07, 6.45) is 0. The number of ether oxygens (including phenoxy) is 2. The van der Waals surface area contributed by atoms with E-state index in [0.29, 0.717) is 24.7 Å². The van der Waals surface area contributed by atoms with Gasteiger partial charge in [-0.25, -0.2) is 4.79 Å². The number of nitrogens with zero attached hydrogens (tertiary/aromatic N) is 1. The van der Waals surface area contributed by atoms with Gasteiger partial charge in [-0.05, 0) is 34.6 Å². The third-order valence-electron chi connectivity index (χ3n) is 2.38. The third-order valence-corrected chi connectivity index (χ3v) is 2.38. The molecule has 0 bridgehead atoms. The zero-order valence-electron chi connectivity index (χ0n) is 12.1. The van der Waals surface area contributed by atoms with Crippen LogP contribution in [-0.4, -0.2) is 34.9 Å². The van der Waals surface area contributed by atoms with Crippen LogP contribution in [0.5, 0.6) is 5.75 Å². The Morgan fingerprint density at radius 1 is 1.32 bits per heavy atom. The molecule has 0 radical (unpaired) electrons. The van der Waals surface area contributed by atoms with Crippen LogP contribution in [0.25, 0.3) is 0 Å². The first-order valence-corrected chi connectivity index (χ1v) is 6.19. The first-order valence-electron chi connectivity index (χ1n) is 6.19. The Morgan fingerprint density at radius 3 is 2.47 bits per heavy atom. The number of hydrogen-bond donors (Lipinski definition) is 1. The molecular formula is C14H21NO4. The van der Waals surface area contributed by atoms with E-state index in [2.05, 4.69) is 4.98 Å². The van der Waals surface area contributed by atoms with Crippen molar-refractivity contribution in [3.8, 4) is 5.75 Å². The van der Waals surface area contributed by atoms with Crippen molar-refractivity contribution >= 4 is 5.97 Å². The van der Waals surface area contributed by atoms with Crippen LogP contribution >= 0.6 is 0 Å². The van der Waals surface area contributed by atoms with Crippen LogP contribution in [0.1, 0.15) is 42.5 Å². The minimum Gasteiger partial charge on any atom is -0.490 e. The van der Waals surface area contributed by atoms with Gasteiger partial charge in [0.15, 0.2) is 0 Å². The molecule has 19 heavy (non-hydrogen) atoms. The fourth-order valence-corrected chi connectivity index (χ4v) is 1.67. The molecule has 0 amide bonds. The normalized spacial score (nSPS) is 11.4. The summed E-state index contributed by atoms with van der Waals surface area (Å²) in [6.45, 7) is 10.0. The summed E-state index contributed by atoms with van der Waals surface area (Å²) in [5.74, 6) is -0.688. The molecular weight excluding hydrogens is 246 g/mol. The SMILES string of the molecule is Cc1cc(OCCOC(C)(C)C)c(C(=O)O)c(C)n1. The van der Waals surface area contributed by atoms with Gasteiger partial charge in [-0.1, -0.05) is 0 Å². The molecule has 0 saturated carbocycles. The number of carboxylic acid groups (broad SMARTS) is 1. The summed E-state index contributed by atoms with van der Waals surface area (Å²) < 4.78 is 11.0. The number of pyridine rings is 1. The zero-order valence-corrected chi connectivity index (χ0v) is 12.1. The average molecular weight is 267 g/mol. The van der Waals surface area contributed by atoms with Gasteiger partial charge in [-0.2, -0.15) is 0 Å². The van der Waals surface area contributed by atoms with Crippen molar-refractivity contribution in [2.45, 2.75) is 40.2 Å². The molecule has 1 rings (SSSR count). The Labute approximate surface area is 113 Å². The first kappa shape index (κ1) is 15.4. The van der Waals surface area contributed by atoms with Crippen LogP contribution in [0.2, 0.25) is 0 Å². The lowest BCUT2D eigenvalue weighted by Gasteiger charge is -2.20. The van der Waals surface area contributed by atoms with E-state index in [1.165, 1.54) is 0 Å².